The summed E-state index contributed by atoms with van der Waals surface area (Å²) in [4.78, 5) is 0. The van der Waals surface area contributed by atoms with E-state index < -0.39 is 0 Å². The van der Waals surface area contributed by atoms with E-state index in [0.717, 1.165) is 0 Å². The van der Waals surface area contributed by atoms with Gasteiger partial charge in [-0.25, -0.2) is 0 Å². The highest BCUT2D eigenvalue weighted by Crippen LogP contribution is 2.42. The van der Waals surface area contributed by atoms with Gasteiger partial charge in [-0.2, -0.15) is 73.2 Å². The predicted molar refractivity (Wildman–Crippen MR) is 180 cm³/mol. The smallest absolute Gasteiger partial charge is 0.0133 e. The minimum Gasteiger partial charge on any atom is -0.175 e. The molecule has 0 saturated heterocycles. The van der Waals surface area contributed by atoms with Gasteiger partial charge >= 0.3 is 0 Å². The zero-order valence-electron chi connectivity index (χ0n) is 23.4. The molecule has 6 heteroatoms. The van der Waals surface area contributed by atoms with E-state index in [2.05, 4.69) is 122 Å². The van der Waals surface area contributed by atoms with Crippen molar-refractivity contribution in [3.63, 3.8) is 0 Å². The number of hydrogen-bond donors (Lipinski definition) is 3. The molecule has 6 unspecified atom stereocenters. The maximum atomic E-state index is 4.66. The van der Waals surface area contributed by atoms with Crippen molar-refractivity contribution in [2.75, 3.05) is 17.3 Å². The fourth-order valence-corrected chi connectivity index (χ4v) is 7.90. The summed E-state index contributed by atoms with van der Waals surface area (Å²) in [5.41, 5.74) is 0.539. The van der Waals surface area contributed by atoms with Gasteiger partial charge in [-0.1, -0.05) is 74.1 Å². The topological polar surface area (TPSA) is 0 Å². The van der Waals surface area contributed by atoms with Gasteiger partial charge in [0.2, 0.25) is 0 Å². The summed E-state index contributed by atoms with van der Waals surface area (Å²) in [5.74, 6) is 3.86. The molecule has 0 saturated carbocycles. The third-order valence-corrected chi connectivity index (χ3v) is 13.6. The summed E-state index contributed by atoms with van der Waals surface area (Å²) >= 11 is 20.3. The van der Waals surface area contributed by atoms with E-state index in [9.17, 15) is 0 Å². The van der Waals surface area contributed by atoms with Crippen LogP contribution in [-0.2, 0) is 0 Å². The van der Waals surface area contributed by atoms with E-state index in [1.54, 1.807) is 0 Å². The fourth-order valence-electron chi connectivity index (χ4n) is 4.24. The van der Waals surface area contributed by atoms with Crippen molar-refractivity contribution in [3.05, 3.63) is 0 Å². The molecular weight excluding hydrogens is 529 g/mol. The third-order valence-electron chi connectivity index (χ3n) is 7.30. The van der Waals surface area contributed by atoms with Gasteiger partial charge in [0.15, 0.2) is 0 Å². The van der Waals surface area contributed by atoms with E-state index in [4.69, 9.17) is 0 Å². The van der Waals surface area contributed by atoms with Crippen molar-refractivity contribution in [2.24, 2.45) is 5.41 Å². The summed E-state index contributed by atoms with van der Waals surface area (Å²) in [6.45, 7) is 16.0. The number of unbranched alkanes of at least 4 members (excludes halogenated alkanes) is 3. The second-order valence-corrected chi connectivity index (χ2v) is 17.5. The molecule has 34 heavy (non-hydrogen) atoms. The maximum absolute atomic E-state index is 4.66. The Bertz CT molecular complexity index is 399. The van der Waals surface area contributed by atoms with E-state index in [0.29, 0.717) is 36.9 Å². The molecule has 0 aromatic heterocycles. The SMILES string of the molecule is CCCCCCC(CCCSC(C)C(C)S)(CCCSC(C)C(C)S)CCCSC(C)C(C)S. The maximum Gasteiger partial charge on any atom is 0.0133 e. The molecule has 0 aromatic rings. The molecule has 0 radical (unpaired) electrons. The standard InChI is InChI=1S/C28H58S6/c1-8-9-10-11-15-28(16-12-19-32-25(5)22(2)29,17-13-20-33-26(6)23(3)30)18-14-21-34-27(7)24(4)31/h22-27,29-31H,8-21H2,1-7H3. The zero-order chi connectivity index (χ0) is 26.0. The Morgan fingerprint density at radius 3 is 1.12 bits per heavy atom. The van der Waals surface area contributed by atoms with Crippen LogP contribution >= 0.6 is 73.2 Å². The molecule has 0 nitrogen and oxygen atoms in total. The Labute approximate surface area is 244 Å². The molecular formula is C28H58S6. The van der Waals surface area contributed by atoms with Crippen LogP contribution < -0.4 is 0 Å². The number of thiol groups is 3. The summed E-state index contributed by atoms with van der Waals surface area (Å²) in [6.07, 6.45) is 15.3. The van der Waals surface area contributed by atoms with E-state index in [1.807, 2.05) is 0 Å². The average Bonchev–Trinajstić information content (AvgIpc) is 2.79. The van der Waals surface area contributed by atoms with Gasteiger partial charge in [0.1, 0.15) is 0 Å². The summed E-state index contributed by atoms with van der Waals surface area (Å²) in [7, 11) is 0. The van der Waals surface area contributed by atoms with Gasteiger partial charge < -0.3 is 0 Å². The van der Waals surface area contributed by atoms with Crippen molar-refractivity contribution in [3.8, 4) is 0 Å². The normalized spacial score (nSPS) is 19.2. The van der Waals surface area contributed by atoms with Crippen LogP contribution in [0.4, 0.5) is 0 Å². The van der Waals surface area contributed by atoms with Gasteiger partial charge in [0.25, 0.3) is 0 Å². The Hall–Kier alpha value is 2.10. The summed E-state index contributed by atoms with van der Waals surface area (Å²) in [5, 5.41) is 3.36. The van der Waals surface area contributed by atoms with E-state index in [1.165, 1.54) is 87.9 Å². The van der Waals surface area contributed by atoms with Crippen LogP contribution in [0.5, 0.6) is 0 Å². The highest BCUT2D eigenvalue weighted by molar-refractivity contribution is 8.01. The first-order valence-corrected chi connectivity index (χ1v) is 18.6. The van der Waals surface area contributed by atoms with Crippen LogP contribution in [0.3, 0.4) is 0 Å². The molecule has 6 atom stereocenters. The van der Waals surface area contributed by atoms with Crippen molar-refractivity contribution in [1.82, 2.24) is 0 Å². The molecule has 0 heterocycles. The van der Waals surface area contributed by atoms with Crippen LogP contribution in [0.1, 0.15) is 119 Å². The number of thioether (sulfide) groups is 3. The van der Waals surface area contributed by atoms with Gasteiger partial charge in [0, 0.05) is 31.5 Å². The molecule has 0 aliphatic heterocycles. The van der Waals surface area contributed by atoms with Crippen molar-refractivity contribution in [2.45, 2.75) is 151 Å². The van der Waals surface area contributed by atoms with Crippen molar-refractivity contribution >= 4 is 73.2 Å². The van der Waals surface area contributed by atoms with Crippen molar-refractivity contribution < 1.29 is 0 Å². The van der Waals surface area contributed by atoms with Gasteiger partial charge in [-0.15, -0.1) is 0 Å². The molecule has 0 spiro atoms. The van der Waals surface area contributed by atoms with Crippen LogP contribution in [0.15, 0.2) is 0 Å². The second kappa shape index (κ2) is 22.0. The molecule has 0 fully saturated rings. The molecule has 0 aliphatic carbocycles. The largest absolute Gasteiger partial charge is 0.175 e. The van der Waals surface area contributed by atoms with Crippen LogP contribution in [-0.4, -0.2) is 48.8 Å². The average molecular weight is 587 g/mol. The first-order chi connectivity index (χ1) is 16.0. The Balaban J connectivity index is 5.07. The van der Waals surface area contributed by atoms with Crippen LogP contribution in [0, 0.1) is 5.41 Å². The monoisotopic (exact) mass is 586 g/mol. The lowest BCUT2D eigenvalue weighted by atomic mass is 9.72. The molecule has 0 aromatic carbocycles. The Morgan fingerprint density at radius 2 is 0.824 bits per heavy atom. The van der Waals surface area contributed by atoms with Gasteiger partial charge in [-0.05, 0) is 67.6 Å². The lowest BCUT2D eigenvalue weighted by molar-refractivity contribution is 0.187. The van der Waals surface area contributed by atoms with Crippen LogP contribution in [0.25, 0.3) is 0 Å². The molecule has 0 amide bonds. The lowest BCUT2D eigenvalue weighted by Crippen LogP contribution is -2.23. The number of rotatable bonds is 23. The first kappa shape index (κ1) is 36.1. The quantitative estimate of drug-likeness (QED) is 0.0805. The predicted octanol–water partition coefficient (Wildman–Crippen LogP) is 10.6. The molecule has 0 N–H and O–H groups in total. The number of hydrogen-bond acceptors (Lipinski definition) is 6. The minimum absolute atomic E-state index is 0.477. The lowest BCUT2D eigenvalue weighted by Gasteiger charge is -2.35. The highest BCUT2D eigenvalue weighted by atomic mass is 32.2. The fraction of sp³-hybridized carbons (Fsp3) is 1.00. The summed E-state index contributed by atoms with van der Waals surface area (Å²) in [6, 6.07) is 0. The minimum atomic E-state index is 0.477. The van der Waals surface area contributed by atoms with E-state index >= 15 is 0 Å². The van der Waals surface area contributed by atoms with Crippen LogP contribution in [0.2, 0.25) is 0 Å². The first-order valence-electron chi connectivity index (χ1n) is 13.9. The summed E-state index contributed by atoms with van der Waals surface area (Å²) < 4.78 is 0. The molecule has 0 rings (SSSR count). The van der Waals surface area contributed by atoms with Crippen molar-refractivity contribution in [1.29, 1.82) is 0 Å². The molecule has 206 valence electrons. The van der Waals surface area contributed by atoms with Gasteiger partial charge in [-0.3, -0.25) is 0 Å². The third kappa shape index (κ3) is 18.4. The Kier molecular flexibility index (Phi) is 23.3. The van der Waals surface area contributed by atoms with Gasteiger partial charge in [0.05, 0.1) is 0 Å². The molecule has 0 bridgehead atoms. The molecule has 0 aliphatic rings. The second-order valence-electron chi connectivity index (χ2n) is 10.6. The zero-order valence-corrected chi connectivity index (χ0v) is 28.6. The highest BCUT2D eigenvalue weighted by Gasteiger charge is 2.29. The van der Waals surface area contributed by atoms with E-state index in [-0.39, 0.29) is 0 Å². The Morgan fingerprint density at radius 1 is 0.500 bits per heavy atom.